The Hall–Kier alpha value is -3.12. The average molecular weight is 516 g/mol. The fraction of sp³-hybridized carbons (Fsp3) is 0.130. The molecule has 1 aromatic heterocycles. The summed E-state index contributed by atoms with van der Waals surface area (Å²) >= 11 is 1.15. The Morgan fingerprint density at radius 3 is 2.24 bits per heavy atom. The lowest BCUT2D eigenvalue weighted by molar-refractivity contribution is 0.102. The van der Waals surface area contributed by atoms with Crippen molar-refractivity contribution in [3.63, 3.8) is 0 Å². The Morgan fingerprint density at radius 1 is 0.941 bits per heavy atom. The maximum absolute atomic E-state index is 12.9. The molecule has 0 bridgehead atoms. The summed E-state index contributed by atoms with van der Waals surface area (Å²) in [5.74, 6) is -0.455. The van der Waals surface area contributed by atoms with Crippen LogP contribution in [0, 0.1) is 0 Å². The van der Waals surface area contributed by atoms with Crippen molar-refractivity contribution in [1.29, 1.82) is 0 Å². The predicted molar refractivity (Wildman–Crippen MR) is 132 cm³/mol. The number of carbonyl (C=O) groups excluding carboxylic acids is 1. The van der Waals surface area contributed by atoms with Crippen LogP contribution < -0.4 is 5.32 Å². The van der Waals surface area contributed by atoms with E-state index in [2.05, 4.69) is 10.3 Å². The average Bonchev–Trinajstić information content (AvgIpc) is 3.20. The fourth-order valence-corrected chi connectivity index (χ4v) is 6.02. The van der Waals surface area contributed by atoms with E-state index < -0.39 is 25.8 Å². The summed E-state index contributed by atoms with van der Waals surface area (Å²) in [5, 5.41) is 2.99. The van der Waals surface area contributed by atoms with E-state index >= 15 is 0 Å². The molecule has 0 aliphatic rings. The largest absolute Gasteiger partial charge is 0.298 e. The first-order valence-electron chi connectivity index (χ1n) is 10.1. The van der Waals surface area contributed by atoms with Gasteiger partial charge in [0.25, 0.3) is 5.91 Å². The zero-order chi connectivity index (χ0) is 24.5. The third-order valence-electron chi connectivity index (χ3n) is 5.08. The zero-order valence-corrected chi connectivity index (χ0v) is 20.7. The van der Waals surface area contributed by atoms with Gasteiger partial charge in [0.05, 0.1) is 20.0 Å². The van der Waals surface area contributed by atoms with E-state index in [1.165, 1.54) is 47.8 Å². The lowest BCUT2D eigenvalue weighted by atomic mass is 10.2. The topological polar surface area (TPSA) is 114 Å². The smallest absolute Gasteiger partial charge is 0.257 e. The van der Waals surface area contributed by atoms with Crippen LogP contribution in [0.3, 0.4) is 0 Å². The monoisotopic (exact) mass is 515 g/mol. The van der Waals surface area contributed by atoms with Gasteiger partial charge in [-0.25, -0.2) is 21.8 Å². The SMILES string of the molecule is CN(Cc1ccccc1)S(=O)(=O)c1ccc(C(=O)Nc2nc3ccc(S(C)(=O)=O)cc3s2)cc1. The fourth-order valence-electron chi connectivity index (χ4n) is 3.24. The first-order valence-corrected chi connectivity index (χ1v) is 14.2. The highest BCUT2D eigenvalue weighted by Gasteiger charge is 2.21. The third-order valence-corrected chi connectivity index (χ3v) is 8.94. The van der Waals surface area contributed by atoms with Crippen LogP contribution in [0.25, 0.3) is 10.2 Å². The molecule has 4 aromatic rings. The number of aromatic nitrogens is 1. The normalized spacial score (nSPS) is 12.2. The van der Waals surface area contributed by atoms with Crippen molar-refractivity contribution >= 4 is 52.5 Å². The number of sulfone groups is 1. The zero-order valence-electron chi connectivity index (χ0n) is 18.3. The molecule has 0 unspecified atom stereocenters. The maximum atomic E-state index is 12.9. The van der Waals surface area contributed by atoms with Gasteiger partial charge in [0.15, 0.2) is 15.0 Å². The number of carbonyl (C=O) groups is 1. The van der Waals surface area contributed by atoms with Gasteiger partial charge in [-0.3, -0.25) is 10.1 Å². The van der Waals surface area contributed by atoms with E-state index in [1.807, 2.05) is 30.3 Å². The van der Waals surface area contributed by atoms with Gasteiger partial charge in [-0.1, -0.05) is 41.7 Å². The van der Waals surface area contributed by atoms with Gasteiger partial charge in [-0.05, 0) is 48.0 Å². The summed E-state index contributed by atoms with van der Waals surface area (Å²) in [6.45, 7) is 0.226. The maximum Gasteiger partial charge on any atom is 0.257 e. The van der Waals surface area contributed by atoms with Crippen LogP contribution in [0.15, 0.2) is 82.6 Å². The number of fused-ring (bicyclic) bond motifs is 1. The van der Waals surface area contributed by atoms with Crippen LogP contribution in [0.5, 0.6) is 0 Å². The molecular formula is C23H21N3O5S3. The molecule has 34 heavy (non-hydrogen) atoms. The number of sulfonamides is 1. The number of anilines is 1. The highest BCUT2D eigenvalue weighted by molar-refractivity contribution is 7.90. The van der Waals surface area contributed by atoms with Gasteiger partial charge in [0.1, 0.15) is 0 Å². The van der Waals surface area contributed by atoms with Crippen LogP contribution in [0.4, 0.5) is 5.13 Å². The summed E-state index contributed by atoms with van der Waals surface area (Å²) in [6, 6.07) is 19.5. The standard InChI is InChI=1S/C23H21N3O5S3/c1-26(15-16-6-4-3-5-7-16)34(30,31)18-10-8-17(9-11-18)22(27)25-23-24-20-13-12-19(33(2,28)29)14-21(20)32-23/h3-14H,15H2,1-2H3,(H,24,25,27). The molecule has 0 saturated carbocycles. The Labute approximate surface area is 201 Å². The quantitative estimate of drug-likeness (QED) is 0.401. The molecular weight excluding hydrogens is 494 g/mol. The molecule has 1 amide bonds. The second-order valence-electron chi connectivity index (χ2n) is 7.65. The second-order valence-corrected chi connectivity index (χ2v) is 12.7. The third kappa shape index (κ3) is 5.17. The van der Waals surface area contributed by atoms with Gasteiger partial charge >= 0.3 is 0 Å². The summed E-state index contributed by atoms with van der Waals surface area (Å²) in [6.07, 6.45) is 1.13. The first kappa shape index (κ1) is 24.0. The molecule has 0 spiro atoms. The molecule has 0 aliphatic heterocycles. The summed E-state index contributed by atoms with van der Waals surface area (Å²) in [7, 11) is -5.58. The number of thiazole rings is 1. The van der Waals surface area contributed by atoms with Crippen LogP contribution in [-0.4, -0.2) is 45.3 Å². The van der Waals surface area contributed by atoms with Crippen molar-refractivity contribution in [1.82, 2.24) is 9.29 Å². The molecule has 4 rings (SSSR count). The first-order chi connectivity index (χ1) is 16.0. The second kappa shape index (κ2) is 9.26. The molecule has 0 atom stereocenters. The number of hydrogen-bond acceptors (Lipinski definition) is 7. The molecule has 3 aromatic carbocycles. The number of benzene rings is 3. The molecule has 0 aliphatic carbocycles. The number of nitrogens with one attached hydrogen (secondary N) is 1. The molecule has 0 saturated heterocycles. The van der Waals surface area contributed by atoms with Crippen molar-refractivity contribution in [3.05, 3.63) is 83.9 Å². The minimum absolute atomic E-state index is 0.0794. The Morgan fingerprint density at radius 2 is 1.59 bits per heavy atom. The van der Waals surface area contributed by atoms with E-state index in [4.69, 9.17) is 0 Å². The van der Waals surface area contributed by atoms with Crippen molar-refractivity contribution in [3.8, 4) is 0 Å². The van der Waals surface area contributed by atoms with Crippen molar-refractivity contribution < 1.29 is 21.6 Å². The van der Waals surface area contributed by atoms with Gasteiger partial charge in [0.2, 0.25) is 10.0 Å². The van der Waals surface area contributed by atoms with E-state index in [1.54, 1.807) is 6.07 Å². The van der Waals surface area contributed by atoms with Crippen LogP contribution in [0.2, 0.25) is 0 Å². The van der Waals surface area contributed by atoms with Crippen molar-refractivity contribution in [2.75, 3.05) is 18.6 Å². The van der Waals surface area contributed by atoms with Crippen LogP contribution >= 0.6 is 11.3 Å². The highest BCUT2D eigenvalue weighted by atomic mass is 32.2. The Balaban J connectivity index is 1.48. The van der Waals surface area contributed by atoms with Gasteiger partial charge in [-0.2, -0.15) is 4.31 Å². The predicted octanol–water partition coefficient (Wildman–Crippen LogP) is 3.77. The molecule has 0 radical (unpaired) electrons. The minimum atomic E-state index is -3.73. The summed E-state index contributed by atoms with van der Waals surface area (Å²) < 4.78 is 51.1. The summed E-state index contributed by atoms with van der Waals surface area (Å²) in [5.41, 5.74) is 1.69. The van der Waals surface area contributed by atoms with E-state index in [0.717, 1.165) is 23.2 Å². The molecule has 176 valence electrons. The van der Waals surface area contributed by atoms with Gasteiger partial charge in [-0.15, -0.1) is 0 Å². The van der Waals surface area contributed by atoms with E-state index in [9.17, 15) is 21.6 Å². The lowest BCUT2D eigenvalue weighted by Gasteiger charge is -2.17. The number of hydrogen-bond donors (Lipinski definition) is 1. The number of rotatable bonds is 7. The molecule has 0 fully saturated rings. The number of nitrogens with zero attached hydrogens (tertiary/aromatic N) is 2. The molecule has 1 N–H and O–H groups in total. The molecule has 8 nitrogen and oxygen atoms in total. The lowest BCUT2D eigenvalue weighted by Crippen LogP contribution is -2.26. The van der Waals surface area contributed by atoms with Crippen molar-refractivity contribution in [2.24, 2.45) is 0 Å². The van der Waals surface area contributed by atoms with E-state index in [0.29, 0.717) is 15.3 Å². The van der Waals surface area contributed by atoms with Crippen LogP contribution in [-0.2, 0) is 26.4 Å². The molecule has 11 heteroatoms. The van der Waals surface area contributed by atoms with E-state index in [-0.39, 0.29) is 21.9 Å². The highest BCUT2D eigenvalue weighted by Crippen LogP contribution is 2.28. The van der Waals surface area contributed by atoms with Gasteiger partial charge in [0, 0.05) is 25.4 Å². The molecule has 1 heterocycles. The Kier molecular flexibility index (Phi) is 6.54. The Bertz CT molecular complexity index is 1560. The van der Waals surface area contributed by atoms with Crippen LogP contribution in [0.1, 0.15) is 15.9 Å². The number of amides is 1. The van der Waals surface area contributed by atoms with Crippen molar-refractivity contribution in [2.45, 2.75) is 16.3 Å². The minimum Gasteiger partial charge on any atom is -0.298 e. The summed E-state index contributed by atoms with van der Waals surface area (Å²) in [4.78, 5) is 17.2. The van der Waals surface area contributed by atoms with Gasteiger partial charge < -0.3 is 0 Å².